The minimum atomic E-state index is -5.19. The molecule has 0 heterocycles. The van der Waals surface area contributed by atoms with Crippen LogP contribution in [0.25, 0.3) is 0 Å². The van der Waals surface area contributed by atoms with Crippen LogP contribution >= 0.6 is 0 Å². The van der Waals surface area contributed by atoms with Crippen LogP contribution in [-0.2, 0) is 19.2 Å². The van der Waals surface area contributed by atoms with Crippen LogP contribution in [0.15, 0.2) is 0 Å². The Balaban J connectivity index is 3.90. The Kier molecular flexibility index (Phi) is 3.87. The zero-order valence-corrected chi connectivity index (χ0v) is 6.42. The van der Waals surface area contributed by atoms with E-state index in [9.17, 15) is 27.6 Å². The first-order chi connectivity index (χ1) is 6.23. The van der Waals surface area contributed by atoms with Crippen LogP contribution in [0.1, 0.15) is 6.42 Å². The molecule has 80 valence electrons. The summed E-state index contributed by atoms with van der Waals surface area (Å²) >= 11 is 0. The third-order valence-electron chi connectivity index (χ3n) is 0.811. The first kappa shape index (κ1) is 12.2. The third-order valence-corrected chi connectivity index (χ3v) is 0.811. The highest BCUT2D eigenvalue weighted by Gasteiger charge is 2.39. The molecule has 1 amide bonds. The fourth-order valence-electron chi connectivity index (χ4n) is 0.321. The van der Waals surface area contributed by atoms with Gasteiger partial charge in [0.05, 0.1) is 0 Å². The SMILES string of the molecule is O=C(O)CC(=O)ONC(=O)C(F)(F)F. The van der Waals surface area contributed by atoms with Crippen molar-refractivity contribution in [3.8, 4) is 0 Å². The number of hydrogen-bond acceptors (Lipinski definition) is 4. The molecule has 2 N–H and O–H groups in total. The first-order valence-electron chi connectivity index (χ1n) is 3.02. The van der Waals surface area contributed by atoms with Crippen LogP contribution < -0.4 is 5.48 Å². The van der Waals surface area contributed by atoms with Gasteiger partial charge in [0, 0.05) is 0 Å². The van der Waals surface area contributed by atoms with E-state index in [2.05, 4.69) is 4.84 Å². The minimum Gasteiger partial charge on any atom is -0.481 e. The van der Waals surface area contributed by atoms with E-state index in [-0.39, 0.29) is 0 Å². The van der Waals surface area contributed by atoms with Crippen molar-refractivity contribution < 1.29 is 37.5 Å². The molecule has 0 aromatic rings. The lowest BCUT2D eigenvalue weighted by atomic mass is 10.5. The van der Waals surface area contributed by atoms with Crippen LogP contribution in [0.3, 0.4) is 0 Å². The normalized spacial score (nSPS) is 10.5. The lowest BCUT2D eigenvalue weighted by molar-refractivity contribution is -0.189. The first-order valence-corrected chi connectivity index (χ1v) is 3.02. The molecule has 9 heteroatoms. The quantitative estimate of drug-likeness (QED) is 0.482. The van der Waals surface area contributed by atoms with E-state index >= 15 is 0 Å². The number of carboxylic acids is 1. The van der Waals surface area contributed by atoms with Crippen molar-refractivity contribution in [2.75, 3.05) is 0 Å². The lowest BCUT2D eigenvalue weighted by Gasteiger charge is -2.06. The van der Waals surface area contributed by atoms with E-state index in [1.807, 2.05) is 0 Å². The zero-order valence-electron chi connectivity index (χ0n) is 6.42. The Morgan fingerprint density at radius 2 is 1.79 bits per heavy atom. The van der Waals surface area contributed by atoms with Gasteiger partial charge in [-0.25, -0.2) is 4.79 Å². The Labute approximate surface area is 74.6 Å². The molecule has 0 aliphatic rings. The second-order valence-electron chi connectivity index (χ2n) is 1.97. The van der Waals surface area contributed by atoms with Gasteiger partial charge in [0.2, 0.25) is 0 Å². The molecule has 0 aliphatic heterocycles. The van der Waals surface area contributed by atoms with Gasteiger partial charge in [-0.15, -0.1) is 0 Å². The van der Waals surface area contributed by atoms with Gasteiger partial charge in [-0.1, -0.05) is 0 Å². The molecule has 0 radical (unpaired) electrons. The van der Waals surface area contributed by atoms with E-state index in [1.165, 1.54) is 0 Å². The predicted octanol–water partition coefficient (Wildman–Crippen LogP) is -0.402. The van der Waals surface area contributed by atoms with Crippen LogP contribution in [0.2, 0.25) is 0 Å². The maximum atomic E-state index is 11.4. The number of rotatable bonds is 2. The standard InChI is InChI=1S/C5H4F3NO5/c6-5(7,8)4(13)9-14-3(12)1-2(10)11/h1H2,(H,9,13)(H,10,11). The van der Waals surface area contributed by atoms with Crippen molar-refractivity contribution in [3.63, 3.8) is 0 Å². The van der Waals surface area contributed by atoms with Crippen LogP contribution in [0, 0.1) is 0 Å². The van der Waals surface area contributed by atoms with Gasteiger partial charge in [-0.3, -0.25) is 9.59 Å². The van der Waals surface area contributed by atoms with E-state index in [0.717, 1.165) is 5.48 Å². The highest BCUT2D eigenvalue weighted by Crippen LogP contribution is 2.13. The highest BCUT2D eigenvalue weighted by molar-refractivity contribution is 5.91. The summed E-state index contributed by atoms with van der Waals surface area (Å²) in [6.45, 7) is 0. The molecule has 0 aromatic carbocycles. The maximum absolute atomic E-state index is 11.4. The molecule has 0 rings (SSSR count). The molecular weight excluding hydrogens is 211 g/mol. The lowest BCUT2D eigenvalue weighted by Crippen LogP contribution is -2.38. The number of hydroxylamine groups is 1. The van der Waals surface area contributed by atoms with Crippen molar-refractivity contribution in [3.05, 3.63) is 0 Å². The summed E-state index contributed by atoms with van der Waals surface area (Å²) in [5.74, 6) is -5.58. The Bertz CT molecular complexity index is 261. The van der Waals surface area contributed by atoms with Gasteiger partial charge >= 0.3 is 24.0 Å². The van der Waals surface area contributed by atoms with E-state index < -0.39 is 30.4 Å². The van der Waals surface area contributed by atoms with Crippen molar-refractivity contribution >= 4 is 17.8 Å². The summed E-state index contributed by atoms with van der Waals surface area (Å²) in [6, 6.07) is 0. The average Bonchev–Trinajstić information content (AvgIpc) is 1.96. The van der Waals surface area contributed by atoms with Crippen LogP contribution in [-0.4, -0.2) is 29.1 Å². The molecule has 0 unspecified atom stereocenters. The summed E-state index contributed by atoms with van der Waals surface area (Å²) in [5.41, 5.74) is 0.751. The smallest absolute Gasteiger partial charge is 0.474 e. The number of nitrogens with one attached hydrogen (secondary N) is 1. The maximum Gasteiger partial charge on any atom is 0.474 e. The molecule has 0 saturated carbocycles. The van der Waals surface area contributed by atoms with Gasteiger partial charge in [0.1, 0.15) is 6.42 Å². The largest absolute Gasteiger partial charge is 0.481 e. The van der Waals surface area contributed by atoms with E-state index in [0.29, 0.717) is 0 Å². The Morgan fingerprint density at radius 1 is 1.29 bits per heavy atom. The van der Waals surface area contributed by atoms with E-state index in [4.69, 9.17) is 5.11 Å². The molecular formula is C5H4F3NO5. The number of aliphatic carboxylic acids is 1. The highest BCUT2D eigenvalue weighted by atomic mass is 19.4. The number of hydrogen-bond donors (Lipinski definition) is 2. The number of alkyl halides is 3. The summed E-state index contributed by atoms with van der Waals surface area (Å²) in [7, 11) is 0. The summed E-state index contributed by atoms with van der Waals surface area (Å²) in [6.07, 6.45) is -6.33. The van der Waals surface area contributed by atoms with Gasteiger partial charge in [-0.05, 0) is 0 Å². The Morgan fingerprint density at radius 3 is 2.14 bits per heavy atom. The zero-order chi connectivity index (χ0) is 11.4. The van der Waals surface area contributed by atoms with Crippen molar-refractivity contribution in [2.45, 2.75) is 12.6 Å². The van der Waals surface area contributed by atoms with E-state index in [1.54, 1.807) is 0 Å². The van der Waals surface area contributed by atoms with Crippen molar-refractivity contribution in [2.24, 2.45) is 0 Å². The van der Waals surface area contributed by atoms with Gasteiger partial charge in [0.15, 0.2) is 0 Å². The number of amides is 1. The summed E-state index contributed by atoms with van der Waals surface area (Å²) < 4.78 is 34.3. The van der Waals surface area contributed by atoms with Gasteiger partial charge in [-0.2, -0.15) is 18.7 Å². The fraction of sp³-hybridized carbons (Fsp3) is 0.400. The molecule has 0 fully saturated rings. The van der Waals surface area contributed by atoms with Gasteiger partial charge < -0.3 is 9.94 Å². The number of carbonyl (C=O) groups excluding carboxylic acids is 2. The molecule has 6 nitrogen and oxygen atoms in total. The predicted molar refractivity (Wildman–Crippen MR) is 32.5 cm³/mol. The fourth-order valence-corrected chi connectivity index (χ4v) is 0.321. The molecule has 0 aromatic heterocycles. The number of halogens is 3. The second-order valence-corrected chi connectivity index (χ2v) is 1.97. The Hall–Kier alpha value is -1.80. The molecule has 0 bridgehead atoms. The summed E-state index contributed by atoms with van der Waals surface area (Å²) in [5, 5.41) is 7.97. The third kappa shape index (κ3) is 4.95. The monoisotopic (exact) mass is 215 g/mol. The molecule has 0 atom stereocenters. The molecule has 0 spiro atoms. The second kappa shape index (κ2) is 4.44. The van der Waals surface area contributed by atoms with Gasteiger partial charge in [0.25, 0.3) is 0 Å². The van der Waals surface area contributed by atoms with Crippen molar-refractivity contribution in [1.82, 2.24) is 5.48 Å². The van der Waals surface area contributed by atoms with Crippen molar-refractivity contribution in [1.29, 1.82) is 0 Å². The minimum absolute atomic E-state index is 0.751. The summed E-state index contributed by atoms with van der Waals surface area (Å²) in [4.78, 5) is 33.6. The average molecular weight is 215 g/mol. The number of carboxylic acid groups (broad SMARTS) is 1. The topological polar surface area (TPSA) is 92.7 Å². The molecule has 0 aliphatic carbocycles. The van der Waals surface area contributed by atoms with Crippen LogP contribution in [0.4, 0.5) is 13.2 Å². The molecule has 14 heavy (non-hydrogen) atoms. The molecule has 0 saturated heterocycles. The van der Waals surface area contributed by atoms with Crippen LogP contribution in [0.5, 0.6) is 0 Å². The number of carbonyl (C=O) groups is 3.